The number of phenols is 1. The van der Waals surface area contributed by atoms with E-state index in [4.69, 9.17) is 0 Å². The molecule has 2 aromatic heterocycles. The number of nitrogens with zero attached hydrogens (tertiary/aromatic N) is 4. The van der Waals surface area contributed by atoms with Crippen molar-refractivity contribution in [3.8, 4) is 5.75 Å². The highest BCUT2D eigenvalue weighted by Gasteiger charge is 2.07. The van der Waals surface area contributed by atoms with Crippen molar-refractivity contribution in [3.63, 3.8) is 0 Å². The van der Waals surface area contributed by atoms with Crippen LogP contribution in [0.4, 0.5) is 5.95 Å². The molecule has 4 aromatic rings. The molecule has 0 aliphatic rings. The molecule has 0 fully saturated rings. The summed E-state index contributed by atoms with van der Waals surface area (Å²) in [5, 5.41) is 22.9. The molecule has 3 N–H and O–H groups in total. The molecule has 4 rings (SSSR count). The van der Waals surface area contributed by atoms with Crippen LogP contribution in [0, 0.1) is 0 Å². The lowest BCUT2D eigenvalue weighted by Crippen LogP contribution is -1.99. The minimum atomic E-state index is 0.156. The molecular weight excluding hydrogens is 292 g/mol. The number of hydrogen-bond donors (Lipinski definition) is 3. The minimum absolute atomic E-state index is 0.156. The average molecular weight is 304 g/mol. The highest BCUT2D eigenvalue weighted by atomic mass is 16.3. The van der Waals surface area contributed by atoms with Gasteiger partial charge < -0.3 is 10.1 Å². The van der Waals surface area contributed by atoms with Gasteiger partial charge in [-0.05, 0) is 18.2 Å². The summed E-state index contributed by atoms with van der Waals surface area (Å²) in [5.74, 6) is 0.430. The second kappa shape index (κ2) is 5.38. The number of hydrogen-bond acceptors (Lipinski definition) is 6. The first-order chi connectivity index (χ1) is 11.3. The highest BCUT2D eigenvalue weighted by Crippen LogP contribution is 2.21. The second-order valence-corrected chi connectivity index (χ2v) is 4.93. The molecule has 7 heteroatoms. The van der Waals surface area contributed by atoms with Gasteiger partial charge in [-0.3, -0.25) is 0 Å². The van der Waals surface area contributed by atoms with Crippen LogP contribution in [0.25, 0.3) is 22.1 Å². The van der Waals surface area contributed by atoms with Crippen molar-refractivity contribution in [1.82, 2.24) is 20.2 Å². The van der Waals surface area contributed by atoms with Gasteiger partial charge in [0.05, 0.1) is 6.21 Å². The second-order valence-electron chi connectivity index (χ2n) is 4.93. The van der Waals surface area contributed by atoms with Crippen LogP contribution < -0.4 is 5.43 Å². The quantitative estimate of drug-likeness (QED) is 0.399. The van der Waals surface area contributed by atoms with Gasteiger partial charge in [-0.1, -0.05) is 30.3 Å². The zero-order chi connectivity index (χ0) is 15.6. The lowest BCUT2D eigenvalue weighted by Gasteiger charge is -1.98. The Kier molecular flexibility index (Phi) is 3.09. The fraction of sp³-hybridized carbons (Fsp3) is 0. The van der Waals surface area contributed by atoms with Crippen LogP contribution in [0.5, 0.6) is 5.75 Å². The molecule has 23 heavy (non-hydrogen) atoms. The molecule has 2 heterocycles. The zero-order valence-corrected chi connectivity index (χ0v) is 11.9. The molecule has 0 aliphatic carbocycles. The fourth-order valence-electron chi connectivity index (χ4n) is 2.32. The number of phenolic OH excluding ortho intramolecular Hbond substituents is 1. The standard InChI is InChI=1S/C16H12N6O/c23-13-8-4-1-5-10(13)9-17-21-16-19-15-14(20-22-16)11-6-2-3-7-12(11)18-15/h1-9,23H,(H2,18,19,21,22)/b17-9-. The number of benzene rings is 2. The van der Waals surface area contributed by atoms with Crippen LogP contribution >= 0.6 is 0 Å². The molecule has 0 bridgehead atoms. The largest absolute Gasteiger partial charge is 0.507 e. The predicted molar refractivity (Wildman–Crippen MR) is 88.5 cm³/mol. The Morgan fingerprint density at radius 1 is 1.04 bits per heavy atom. The fourth-order valence-corrected chi connectivity index (χ4v) is 2.32. The topological polar surface area (TPSA) is 99.1 Å². The van der Waals surface area contributed by atoms with E-state index in [-0.39, 0.29) is 11.7 Å². The molecular formula is C16H12N6O. The van der Waals surface area contributed by atoms with E-state index in [9.17, 15) is 5.11 Å². The van der Waals surface area contributed by atoms with Crippen LogP contribution in [-0.2, 0) is 0 Å². The number of hydrazone groups is 1. The summed E-state index contributed by atoms with van der Waals surface area (Å²) < 4.78 is 0. The maximum atomic E-state index is 9.66. The van der Waals surface area contributed by atoms with Crippen molar-refractivity contribution in [3.05, 3.63) is 54.1 Å². The summed E-state index contributed by atoms with van der Waals surface area (Å²) in [5.41, 5.74) is 5.62. The summed E-state index contributed by atoms with van der Waals surface area (Å²) in [6, 6.07) is 14.7. The summed E-state index contributed by atoms with van der Waals surface area (Å²) in [6.45, 7) is 0. The van der Waals surface area contributed by atoms with Crippen molar-refractivity contribution in [2.24, 2.45) is 5.10 Å². The van der Waals surface area contributed by atoms with E-state index in [1.165, 1.54) is 6.21 Å². The van der Waals surface area contributed by atoms with Crippen molar-refractivity contribution >= 4 is 34.2 Å². The normalized spacial score (nSPS) is 11.5. The molecule has 0 unspecified atom stereocenters. The molecule has 0 amide bonds. The Morgan fingerprint density at radius 2 is 1.87 bits per heavy atom. The summed E-state index contributed by atoms with van der Waals surface area (Å²) in [6.07, 6.45) is 1.49. The van der Waals surface area contributed by atoms with Gasteiger partial charge in [0.1, 0.15) is 11.3 Å². The van der Waals surface area contributed by atoms with Crippen molar-refractivity contribution in [2.75, 3.05) is 5.43 Å². The number of fused-ring (bicyclic) bond motifs is 3. The maximum absolute atomic E-state index is 9.66. The zero-order valence-electron chi connectivity index (χ0n) is 11.9. The number of aromatic amines is 1. The molecule has 7 nitrogen and oxygen atoms in total. The van der Waals surface area contributed by atoms with Gasteiger partial charge in [-0.15, -0.1) is 10.2 Å². The first kappa shape index (κ1) is 13.2. The van der Waals surface area contributed by atoms with E-state index in [0.29, 0.717) is 11.2 Å². The van der Waals surface area contributed by atoms with Crippen LogP contribution in [-0.4, -0.2) is 31.5 Å². The van der Waals surface area contributed by atoms with E-state index in [1.807, 2.05) is 30.3 Å². The number of rotatable bonds is 3. The summed E-state index contributed by atoms with van der Waals surface area (Å²) >= 11 is 0. The molecule has 2 aromatic carbocycles. The molecule has 0 spiro atoms. The molecule has 0 atom stereocenters. The number of para-hydroxylation sites is 2. The SMILES string of the molecule is Oc1ccccc1/C=N\Nc1nnc2c(n1)[nH]c1ccccc12. The Morgan fingerprint density at radius 3 is 2.78 bits per heavy atom. The van der Waals surface area contributed by atoms with Crippen molar-refractivity contribution < 1.29 is 5.11 Å². The Bertz CT molecular complexity index is 1020. The lowest BCUT2D eigenvalue weighted by atomic mass is 10.2. The first-order valence-electron chi connectivity index (χ1n) is 6.99. The lowest BCUT2D eigenvalue weighted by molar-refractivity contribution is 0.474. The van der Waals surface area contributed by atoms with Gasteiger partial charge >= 0.3 is 0 Å². The Labute approximate surface area is 130 Å². The average Bonchev–Trinajstić information content (AvgIpc) is 2.94. The number of anilines is 1. The molecule has 0 saturated carbocycles. The van der Waals surface area contributed by atoms with Gasteiger partial charge in [0.2, 0.25) is 0 Å². The number of H-pyrrole nitrogens is 1. The molecule has 112 valence electrons. The van der Waals surface area contributed by atoms with Gasteiger partial charge in [0, 0.05) is 16.5 Å². The Hall–Kier alpha value is -3.48. The van der Waals surface area contributed by atoms with E-state index < -0.39 is 0 Å². The third-order valence-corrected chi connectivity index (χ3v) is 3.43. The third kappa shape index (κ3) is 2.44. The summed E-state index contributed by atoms with van der Waals surface area (Å²) in [7, 11) is 0. The van der Waals surface area contributed by atoms with Gasteiger partial charge in [-0.25, -0.2) is 5.43 Å². The maximum Gasteiger partial charge on any atom is 0.265 e. The Balaban J connectivity index is 1.62. The number of aromatic hydroxyl groups is 1. The highest BCUT2D eigenvalue weighted by molar-refractivity contribution is 6.03. The summed E-state index contributed by atoms with van der Waals surface area (Å²) in [4.78, 5) is 7.54. The smallest absolute Gasteiger partial charge is 0.265 e. The minimum Gasteiger partial charge on any atom is -0.507 e. The van der Waals surface area contributed by atoms with Crippen molar-refractivity contribution in [1.29, 1.82) is 0 Å². The third-order valence-electron chi connectivity index (χ3n) is 3.43. The van der Waals surface area contributed by atoms with Gasteiger partial charge in [0.25, 0.3) is 5.95 Å². The molecule has 0 aliphatic heterocycles. The monoisotopic (exact) mass is 304 g/mol. The molecule has 0 saturated heterocycles. The van der Waals surface area contributed by atoms with E-state index in [1.54, 1.807) is 18.2 Å². The molecule has 0 radical (unpaired) electrons. The predicted octanol–water partition coefficient (Wildman–Crippen LogP) is 2.66. The van der Waals surface area contributed by atoms with E-state index >= 15 is 0 Å². The van der Waals surface area contributed by atoms with Crippen molar-refractivity contribution in [2.45, 2.75) is 0 Å². The van der Waals surface area contributed by atoms with E-state index in [0.717, 1.165) is 16.4 Å². The van der Waals surface area contributed by atoms with Gasteiger partial charge in [-0.2, -0.15) is 10.1 Å². The van der Waals surface area contributed by atoms with Crippen LogP contribution in [0.2, 0.25) is 0 Å². The first-order valence-corrected chi connectivity index (χ1v) is 6.99. The van der Waals surface area contributed by atoms with E-state index in [2.05, 4.69) is 30.7 Å². The van der Waals surface area contributed by atoms with Crippen LogP contribution in [0.15, 0.2) is 53.6 Å². The number of nitrogens with one attached hydrogen (secondary N) is 2. The van der Waals surface area contributed by atoms with Gasteiger partial charge in [0.15, 0.2) is 5.65 Å². The van der Waals surface area contributed by atoms with Crippen LogP contribution in [0.1, 0.15) is 5.56 Å². The number of aromatic nitrogens is 4. The van der Waals surface area contributed by atoms with Crippen LogP contribution in [0.3, 0.4) is 0 Å².